The number of hydrogen-bond acceptors (Lipinski definition) is 3. The van der Waals surface area contributed by atoms with Gasteiger partial charge in [0.2, 0.25) is 0 Å². The molecule has 3 aromatic rings. The average molecular weight is 324 g/mol. The first-order valence-corrected chi connectivity index (χ1v) is 8.47. The second-order valence-corrected chi connectivity index (χ2v) is 6.44. The number of carbonyl (C=O) groups excluding carboxylic acids is 1. The molecule has 0 unspecified atom stereocenters. The van der Waals surface area contributed by atoms with E-state index in [1.165, 1.54) is 12.8 Å². The van der Waals surface area contributed by atoms with Gasteiger partial charge in [0.05, 0.1) is 10.9 Å². The maximum absolute atomic E-state index is 13.0. The molecule has 124 valence electrons. The van der Waals surface area contributed by atoms with Crippen molar-refractivity contribution >= 4 is 27.8 Å². The number of para-hydroxylation sites is 1. The number of nitrogens with zero attached hydrogens (tertiary/aromatic N) is 2. The molecule has 0 N–H and O–H groups in total. The number of carbonyl (C=O) groups is 1. The van der Waals surface area contributed by atoms with E-state index in [-0.39, 0.29) is 5.91 Å². The molecule has 24 heavy (non-hydrogen) atoms. The summed E-state index contributed by atoms with van der Waals surface area (Å²) in [5.74, 6) is -0.000851. The van der Waals surface area contributed by atoms with E-state index in [1.807, 2.05) is 34.7 Å². The minimum atomic E-state index is -0.394. The van der Waals surface area contributed by atoms with E-state index in [2.05, 4.69) is 0 Å². The van der Waals surface area contributed by atoms with Gasteiger partial charge in [-0.3, -0.25) is 4.79 Å². The minimum Gasteiger partial charge on any atom is -0.422 e. The van der Waals surface area contributed by atoms with Gasteiger partial charge in [0.1, 0.15) is 11.3 Å². The number of benzene rings is 1. The van der Waals surface area contributed by atoms with Crippen LogP contribution in [0.2, 0.25) is 0 Å². The van der Waals surface area contributed by atoms with Crippen LogP contribution in [0.3, 0.4) is 0 Å². The lowest BCUT2D eigenvalue weighted by molar-refractivity contribution is 0.0752. The van der Waals surface area contributed by atoms with E-state index in [0.29, 0.717) is 16.7 Å². The molecule has 1 aromatic carbocycles. The average Bonchev–Trinajstić information content (AvgIpc) is 2.76. The molecule has 4 rings (SSSR count). The molecule has 0 radical (unpaired) electrons. The van der Waals surface area contributed by atoms with Crippen molar-refractivity contribution in [3.8, 4) is 0 Å². The van der Waals surface area contributed by atoms with Crippen molar-refractivity contribution in [1.29, 1.82) is 0 Å². The summed E-state index contributed by atoms with van der Waals surface area (Å²) in [6.45, 7) is 1.57. The Hall–Kier alpha value is -2.56. The highest BCUT2D eigenvalue weighted by atomic mass is 16.4. The highest BCUT2D eigenvalue weighted by molar-refractivity contribution is 6.07. The Morgan fingerprint density at radius 2 is 1.75 bits per heavy atom. The zero-order chi connectivity index (χ0) is 16.7. The topological polar surface area (TPSA) is 55.5 Å². The lowest BCUT2D eigenvalue weighted by Gasteiger charge is -2.20. The maximum atomic E-state index is 13.0. The summed E-state index contributed by atoms with van der Waals surface area (Å²) >= 11 is 0. The molecule has 0 atom stereocenters. The van der Waals surface area contributed by atoms with E-state index in [4.69, 9.17) is 4.42 Å². The van der Waals surface area contributed by atoms with Gasteiger partial charge in [-0.05, 0) is 31.0 Å². The van der Waals surface area contributed by atoms with Crippen LogP contribution in [0.25, 0.3) is 21.9 Å². The Bertz CT molecular complexity index is 975. The molecular weight excluding hydrogens is 304 g/mol. The van der Waals surface area contributed by atoms with Crippen LogP contribution in [0.1, 0.15) is 36.2 Å². The van der Waals surface area contributed by atoms with Crippen LogP contribution in [-0.2, 0) is 7.05 Å². The number of likely N-dealkylation sites (tertiary alicyclic amines) is 1. The summed E-state index contributed by atoms with van der Waals surface area (Å²) in [6.07, 6.45) is 4.43. The smallest absolute Gasteiger partial charge is 0.345 e. The highest BCUT2D eigenvalue weighted by Gasteiger charge is 2.23. The zero-order valence-corrected chi connectivity index (χ0v) is 13.7. The second-order valence-electron chi connectivity index (χ2n) is 6.44. The molecule has 1 aliphatic rings. The first-order valence-electron chi connectivity index (χ1n) is 8.47. The predicted molar refractivity (Wildman–Crippen MR) is 93.3 cm³/mol. The number of fused-ring (bicyclic) bond motifs is 3. The van der Waals surface area contributed by atoms with Gasteiger partial charge in [-0.1, -0.05) is 25.0 Å². The van der Waals surface area contributed by atoms with Crippen molar-refractivity contribution in [2.24, 2.45) is 7.05 Å². The Morgan fingerprint density at radius 1 is 1.04 bits per heavy atom. The molecule has 2 aromatic heterocycles. The molecule has 0 spiro atoms. The third-order valence-corrected chi connectivity index (χ3v) is 4.91. The Labute approximate surface area is 139 Å². The number of aryl methyl sites for hydroxylation is 1. The fraction of sp³-hybridized carbons (Fsp3) is 0.368. The van der Waals surface area contributed by atoms with Crippen LogP contribution < -0.4 is 5.63 Å². The van der Waals surface area contributed by atoms with Crippen LogP contribution in [0.4, 0.5) is 0 Å². The number of rotatable bonds is 1. The summed E-state index contributed by atoms with van der Waals surface area (Å²) in [5, 5.41) is 1.32. The summed E-state index contributed by atoms with van der Waals surface area (Å²) in [7, 11) is 1.85. The third-order valence-electron chi connectivity index (χ3n) is 4.91. The van der Waals surface area contributed by atoms with Gasteiger partial charge in [-0.25, -0.2) is 4.79 Å². The predicted octanol–water partition coefficient (Wildman–Crippen LogP) is 3.30. The lowest BCUT2D eigenvalue weighted by atomic mass is 10.2. The summed E-state index contributed by atoms with van der Waals surface area (Å²) in [5.41, 5.74) is 1.47. The molecule has 0 bridgehead atoms. The minimum absolute atomic E-state index is 0.000851. The largest absolute Gasteiger partial charge is 0.422 e. The van der Waals surface area contributed by atoms with Crippen LogP contribution in [-0.4, -0.2) is 28.5 Å². The molecule has 5 nitrogen and oxygen atoms in total. The van der Waals surface area contributed by atoms with Crippen molar-refractivity contribution in [2.75, 3.05) is 13.1 Å². The zero-order valence-electron chi connectivity index (χ0n) is 13.7. The fourth-order valence-corrected chi connectivity index (χ4v) is 3.63. The van der Waals surface area contributed by atoms with Gasteiger partial charge in [-0.15, -0.1) is 0 Å². The van der Waals surface area contributed by atoms with Crippen molar-refractivity contribution in [2.45, 2.75) is 25.7 Å². The first kappa shape index (κ1) is 15.0. The molecule has 3 heterocycles. The molecule has 1 fully saturated rings. The van der Waals surface area contributed by atoms with E-state index < -0.39 is 5.63 Å². The third kappa shape index (κ3) is 2.31. The SMILES string of the molecule is Cn1c(C(=O)N2CCCCCC2)cc2c(=O)oc3ccccc3c21. The van der Waals surface area contributed by atoms with E-state index in [1.54, 1.807) is 12.1 Å². The van der Waals surface area contributed by atoms with Gasteiger partial charge in [0.25, 0.3) is 5.91 Å². The van der Waals surface area contributed by atoms with Gasteiger partial charge in [0, 0.05) is 25.5 Å². The maximum Gasteiger partial charge on any atom is 0.345 e. The number of amides is 1. The van der Waals surface area contributed by atoms with Gasteiger partial charge < -0.3 is 13.9 Å². The van der Waals surface area contributed by atoms with Crippen LogP contribution in [0.15, 0.2) is 39.5 Å². The van der Waals surface area contributed by atoms with Gasteiger partial charge in [-0.2, -0.15) is 0 Å². The standard InChI is InChI=1S/C19H20N2O3/c1-20-15(18(22)21-10-6-2-3-7-11-21)12-14-17(20)13-8-4-5-9-16(13)24-19(14)23/h4-5,8-9,12H,2-3,6-7,10-11H2,1H3. The second kappa shape index (κ2) is 5.82. The van der Waals surface area contributed by atoms with E-state index in [0.717, 1.165) is 36.8 Å². The van der Waals surface area contributed by atoms with Crippen LogP contribution in [0, 0.1) is 0 Å². The monoisotopic (exact) mass is 324 g/mol. The van der Waals surface area contributed by atoms with Crippen molar-refractivity contribution in [3.63, 3.8) is 0 Å². The van der Waals surface area contributed by atoms with Crippen molar-refractivity contribution in [3.05, 3.63) is 46.4 Å². The summed E-state index contributed by atoms with van der Waals surface area (Å²) in [4.78, 5) is 27.2. The Morgan fingerprint density at radius 3 is 2.50 bits per heavy atom. The molecule has 1 amide bonds. The van der Waals surface area contributed by atoms with Gasteiger partial charge >= 0.3 is 5.63 Å². The molecule has 0 saturated carbocycles. The van der Waals surface area contributed by atoms with Crippen molar-refractivity contribution in [1.82, 2.24) is 9.47 Å². The van der Waals surface area contributed by atoms with Crippen LogP contribution in [0.5, 0.6) is 0 Å². The van der Waals surface area contributed by atoms with Gasteiger partial charge in [0.15, 0.2) is 0 Å². The summed E-state index contributed by atoms with van der Waals surface area (Å²) < 4.78 is 7.23. The highest BCUT2D eigenvalue weighted by Crippen LogP contribution is 2.26. The molecular formula is C19H20N2O3. The normalized spacial score (nSPS) is 15.8. The molecule has 1 saturated heterocycles. The van der Waals surface area contributed by atoms with Crippen molar-refractivity contribution < 1.29 is 9.21 Å². The quantitative estimate of drug-likeness (QED) is 0.645. The first-order chi connectivity index (χ1) is 11.7. The molecule has 0 aliphatic carbocycles. The van der Waals surface area contributed by atoms with Crippen LogP contribution >= 0.6 is 0 Å². The lowest BCUT2D eigenvalue weighted by Crippen LogP contribution is -2.33. The number of aromatic nitrogens is 1. The molecule has 1 aliphatic heterocycles. The Kier molecular flexibility index (Phi) is 3.63. The summed E-state index contributed by atoms with van der Waals surface area (Å²) in [6, 6.07) is 9.12. The molecule has 5 heteroatoms. The Balaban J connectivity index is 1.89. The fourth-order valence-electron chi connectivity index (χ4n) is 3.63. The number of hydrogen-bond donors (Lipinski definition) is 0. The van der Waals surface area contributed by atoms with E-state index >= 15 is 0 Å². The van der Waals surface area contributed by atoms with E-state index in [9.17, 15) is 9.59 Å².